The van der Waals surface area contributed by atoms with E-state index in [-0.39, 0.29) is 11.7 Å². The lowest BCUT2D eigenvalue weighted by atomic mass is 9.92. The molecule has 0 radical (unpaired) electrons. The summed E-state index contributed by atoms with van der Waals surface area (Å²) in [6, 6.07) is 22.3. The standard InChI is InChI=1S/C25H19Cl2NO3/c1-31-18-7-4-6-16(13-18)25(30)28-24(20-11-10-17(26)14-21(20)27)23-19-8-3-2-5-15(19)9-12-22(23)29/h2-14,24,29H,1H3,(H,28,30)/t24-/m1/s1. The van der Waals surface area contributed by atoms with Crippen molar-refractivity contribution >= 4 is 39.9 Å². The minimum absolute atomic E-state index is 0.0562. The zero-order valence-corrected chi connectivity index (χ0v) is 18.1. The summed E-state index contributed by atoms with van der Waals surface area (Å²) in [7, 11) is 1.54. The molecular weight excluding hydrogens is 433 g/mol. The van der Waals surface area contributed by atoms with Crippen molar-refractivity contribution in [2.45, 2.75) is 6.04 Å². The normalized spacial score (nSPS) is 11.8. The molecule has 1 amide bonds. The second kappa shape index (κ2) is 8.88. The van der Waals surface area contributed by atoms with Crippen molar-refractivity contribution in [2.75, 3.05) is 7.11 Å². The van der Waals surface area contributed by atoms with Gasteiger partial charge in [-0.25, -0.2) is 0 Å². The average molecular weight is 452 g/mol. The number of benzene rings is 4. The van der Waals surface area contributed by atoms with Gasteiger partial charge >= 0.3 is 0 Å². The lowest BCUT2D eigenvalue weighted by Gasteiger charge is -2.24. The van der Waals surface area contributed by atoms with Gasteiger partial charge in [0.2, 0.25) is 0 Å². The molecule has 1 atom stereocenters. The molecule has 0 bridgehead atoms. The molecule has 0 fully saturated rings. The monoisotopic (exact) mass is 451 g/mol. The van der Waals surface area contributed by atoms with Crippen LogP contribution >= 0.6 is 23.2 Å². The molecule has 0 heterocycles. The molecule has 0 saturated carbocycles. The number of amides is 1. The third-order valence-corrected chi connectivity index (χ3v) is 5.68. The summed E-state index contributed by atoms with van der Waals surface area (Å²) >= 11 is 12.6. The summed E-state index contributed by atoms with van der Waals surface area (Å²) < 4.78 is 5.23. The van der Waals surface area contributed by atoms with Gasteiger partial charge in [-0.2, -0.15) is 0 Å². The number of aromatic hydroxyl groups is 1. The van der Waals surface area contributed by atoms with Gasteiger partial charge in [-0.05, 0) is 52.7 Å². The Kier molecular flexibility index (Phi) is 6.03. The first kappa shape index (κ1) is 21.0. The van der Waals surface area contributed by atoms with Crippen molar-refractivity contribution in [1.82, 2.24) is 5.32 Å². The second-order valence-electron chi connectivity index (χ2n) is 7.02. The van der Waals surface area contributed by atoms with Gasteiger partial charge in [0, 0.05) is 21.2 Å². The highest BCUT2D eigenvalue weighted by Gasteiger charge is 2.25. The number of hydrogen-bond donors (Lipinski definition) is 2. The van der Waals surface area contributed by atoms with Crippen LogP contribution in [0, 0.1) is 0 Å². The maximum atomic E-state index is 13.2. The largest absolute Gasteiger partial charge is 0.508 e. The molecule has 4 rings (SSSR count). The second-order valence-corrected chi connectivity index (χ2v) is 7.87. The number of nitrogens with one attached hydrogen (secondary N) is 1. The van der Waals surface area contributed by atoms with Crippen LogP contribution in [0.4, 0.5) is 0 Å². The van der Waals surface area contributed by atoms with E-state index in [0.717, 1.165) is 10.8 Å². The number of ether oxygens (including phenoxy) is 1. The molecule has 4 aromatic rings. The number of phenolic OH excluding ortho intramolecular Hbond substituents is 1. The van der Waals surface area contributed by atoms with Crippen LogP contribution in [0.25, 0.3) is 10.8 Å². The molecule has 0 aliphatic heterocycles. The van der Waals surface area contributed by atoms with E-state index in [9.17, 15) is 9.90 Å². The van der Waals surface area contributed by atoms with E-state index in [1.165, 1.54) is 0 Å². The molecule has 0 saturated heterocycles. The molecule has 156 valence electrons. The SMILES string of the molecule is COc1cccc(C(=O)N[C@H](c2ccc(Cl)cc2Cl)c2c(O)ccc3ccccc23)c1. The predicted molar refractivity (Wildman–Crippen MR) is 124 cm³/mol. The first-order chi connectivity index (χ1) is 15.0. The fraction of sp³-hybridized carbons (Fsp3) is 0.0800. The zero-order chi connectivity index (χ0) is 22.0. The summed E-state index contributed by atoms with van der Waals surface area (Å²) in [6.07, 6.45) is 0. The van der Waals surface area contributed by atoms with E-state index in [1.807, 2.05) is 30.3 Å². The van der Waals surface area contributed by atoms with Crippen molar-refractivity contribution < 1.29 is 14.6 Å². The van der Waals surface area contributed by atoms with Gasteiger partial charge in [0.25, 0.3) is 5.91 Å². The predicted octanol–water partition coefficient (Wildman–Crippen LogP) is 6.38. The average Bonchev–Trinajstić information content (AvgIpc) is 2.78. The van der Waals surface area contributed by atoms with Gasteiger partial charge in [-0.1, -0.05) is 65.7 Å². The van der Waals surface area contributed by atoms with E-state index in [2.05, 4.69) is 5.32 Å². The van der Waals surface area contributed by atoms with Gasteiger partial charge < -0.3 is 15.2 Å². The summed E-state index contributed by atoms with van der Waals surface area (Å²) in [5, 5.41) is 16.4. The van der Waals surface area contributed by atoms with Crippen molar-refractivity contribution in [1.29, 1.82) is 0 Å². The third-order valence-electron chi connectivity index (χ3n) is 5.12. The van der Waals surface area contributed by atoms with E-state index in [4.69, 9.17) is 27.9 Å². The summed E-state index contributed by atoms with van der Waals surface area (Å²) in [6.45, 7) is 0. The van der Waals surface area contributed by atoms with Crippen LogP contribution in [-0.4, -0.2) is 18.1 Å². The molecule has 0 aromatic heterocycles. The highest BCUT2D eigenvalue weighted by Crippen LogP contribution is 2.39. The van der Waals surface area contributed by atoms with Crippen molar-refractivity contribution in [3.05, 3.63) is 106 Å². The van der Waals surface area contributed by atoms with Crippen molar-refractivity contribution in [3.63, 3.8) is 0 Å². The van der Waals surface area contributed by atoms with Crippen molar-refractivity contribution in [2.24, 2.45) is 0 Å². The first-order valence-electron chi connectivity index (χ1n) is 9.58. The summed E-state index contributed by atoms with van der Waals surface area (Å²) in [5.74, 6) is 0.296. The Bertz CT molecular complexity index is 1270. The van der Waals surface area contributed by atoms with Crippen LogP contribution in [0.5, 0.6) is 11.5 Å². The Morgan fingerprint density at radius 1 is 0.968 bits per heavy atom. The Morgan fingerprint density at radius 3 is 2.55 bits per heavy atom. The van der Waals surface area contributed by atoms with Crippen LogP contribution in [0.15, 0.2) is 78.9 Å². The van der Waals surface area contributed by atoms with Gasteiger partial charge in [-0.3, -0.25) is 4.79 Å². The zero-order valence-electron chi connectivity index (χ0n) is 16.6. The Hall–Kier alpha value is -3.21. The van der Waals surface area contributed by atoms with Gasteiger partial charge in [0.1, 0.15) is 11.5 Å². The number of carbonyl (C=O) groups is 1. The van der Waals surface area contributed by atoms with E-state index >= 15 is 0 Å². The number of carbonyl (C=O) groups excluding carboxylic acids is 1. The highest BCUT2D eigenvalue weighted by atomic mass is 35.5. The summed E-state index contributed by atoms with van der Waals surface area (Å²) in [4.78, 5) is 13.2. The minimum Gasteiger partial charge on any atom is -0.508 e. The van der Waals surface area contributed by atoms with Crippen LogP contribution in [-0.2, 0) is 0 Å². The van der Waals surface area contributed by atoms with Crippen LogP contribution in [0.3, 0.4) is 0 Å². The number of methoxy groups -OCH3 is 1. The number of rotatable bonds is 5. The van der Waals surface area contributed by atoms with Gasteiger partial charge in [0.05, 0.1) is 13.2 Å². The van der Waals surface area contributed by atoms with Crippen LogP contribution in [0.1, 0.15) is 27.5 Å². The molecule has 4 nitrogen and oxygen atoms in total. The molecule has 2 N–H and O–H groups in total. The van der Waals surface area contributed by atoms with E-state index in [0.29, 0.717) is 32.5 Å². The quantitative estimate of drug-likeness (QED) is 0.370. The maximum Gasteiger partial charge on any atom is 0.252 e. The number of hydrogen-bond acceptors (Lipinski definition) is 3. The molecule has 0 unspecified atom stereocenters. The molecule has 0 aliphatic rings. The van der Waals surface area contributed by atoms with Gasteiger partial charge in [0.15, 0.2) is 0 Å². The Labute approximate surface area is 190 Å². The smallest absolute Gasteiger partial charge is 0.252 e. The fourth-order valence-electron chi connectivity index (χ4n) is 3.61. The topological polar surface area (TPSA) is 58.6 Å². The highest BCUT2D eigenvalue weighted by molar-refractivity contribution is 6.35. The van der Waals surface area contributed by atoms with Crippen molar-refractivity contribution in [3.8, 4) is 11.5 Å². The van der Waals surface area contributed by atoms with Gasteiger partial charge in [-0.15, -0.1) is 0 Å². The number of fused-ring (bicyclic) bond motifs is 1. The summed E-state index contributed by atoms with van der Waals surface area (Å²) in [5.41, 5.74) is 1.60. The molecule has 31 heavy (non-hydrogen) atoms. The Morgan fingerprint density at radius 2 is 1.77 bits per heavy atom. The molecular formula is C25H19Cl2NO3. The fourth-order valence-corrected chi connectivity index (χ4v) is 4.12. The number of phenols is 1. The lowest BCUT2D eigenvalue weighted by molar-refractivity contribution is 0.0942. The lowest BCUT2D eigenvalue weighted by Crippen LogP contribution is -2.29. The molecule has 6 heteroatoms. The number of halogens is 2. The maximum absolute atomic E-state index is 13.2. The van der Waals surface area contributed by atoms with E-state index in [1.54, 1.807) is 55.6 Å². The third kappa shape index (κ3) is 4.31. The molecule has 4 aromatic carbocycles. The van der Waals surface area contributed by atoms with E-state index < -0.39 is 6.04 Å². The minimum atomic E-state index is -0.713. The molecule has 0 spiro atoms. The van der Waals surface area contributed by atoms with Crippen LogP contribution < -0.4 is 10.1 Å². The Balaban J connectivity index is 1.87. The van der Waals surface area contributed by atoms with Crippen LogP contribution in [0.2, 0.25) is 10.0 Å². The molecule has 0 aliphatic carbocycles. The first-order valence-corrected chi connectivity index (χ1v) is 10.3.